The Labute approximate surface area is 200 Å². The SMILES string of the molecule is Cn1c(C2=CN(C(=O)O)CC2)nc2c(N3CCOCC3)nc(-n3ccc(-c4ccccc4)n3)nc21. The highest BCUT2D eigenvalue weighted by Crippen LogP contribution is 2.31. The highest BCUT2D eigenvalue weighted by molar-refractivity contribution is 5.87. The molecule has 35 heavy (non-hydrogen) atoms. The van der Waals surface area contributed by atoms with Crippen LogP contribution in [-0.4, -0.2) is 78.2 Å². The summed E-state index contributed by atoms with van der Waals surface area (Å²) in [6.07, 6.45) is 3.12. The van der Waals surface area contributed by atoms with Gasteiger partial charge in [0.15, 0.2) is 17.0 Å². The van der Waals surface area contributed by atoms with Crippen molar-refractivity contribution in [3.05, 3.63) is 54.6 Å². The van der Waals surface area contributed by atoms with Gasteiger partial charge in [-0.15, -0.1) is 0 Å². The minimum absolute atomic E-state index is 0.413. The van der Waals surface area contributed by atoms with E-state index >= 15 is 0 Å². The minimum atomic E-state index is -0.970. The van der Waals surface area contributed by atoms with Crippen LogP contribution in [0, 0.1) is 0 Å². The molecular weight excluding hydrogens is 448 g/mol. The number of aryl methyl sites for hydroxylation is 1. The van der Waals surface area contributed by atoms with E-state index in [1.165, 1.54) is 4.90 Å². The zero-order valence-corrected chi connectivity index (χ0v) is 19.2. The number of amides is 1. The first-order chi connectivity index (χ1) is 17.1. The van der Waals surface area contributed by atoms with Crippen LogP contribution in [0.15, 0.2) is 48.8 Å². The molecule has 5 heterocycles. The van der Waals surface area contributed by atoms with Gasteiger partial charge in [0.2, 0.25) is 0 Å². The number of nitrogens with zero attached hydrogens (tertiary/aromatic N) is 8. The van der Waals surface area contributed by atoms with E-state index < -0.39 is 6.09 Å². The smallest absolute Gasteiger partial charge is 0.411 e. The van der Waals surface area contributed by atoms with Crippen molar-refractivity contribution in [1.82, 2.24) is 34.2 Å². The van der Waals surface area contributed by atoms with E-state index in [1.807, 2.05) is 54.2 Å². The Bertz CT molecular complexity index is 1440. The number of fused-ring (bicyclic) bond motifs is 1. The number of rotatable bonds is 4. The maximum Gasteiger partial charge on any atom is 0.411 e. The highest BCUT2D eigenvalue weighted by Gasteiger charge is 2.26. The number of imidazole rings is 1. The third-order valence-corrected chi connectivity index (χ3v) is 6.33. The molecule has 3 aromatic heterocycles. The molecule has 0 radical (unpaired) electrons. The molecule has 0 saturated carbocycles. The molecular formula is C24H24N8O3. The van der Waals surface area contributed by atoms with Crippen molar-refractivity contribution in [3.63, 3.8) is 0 Å². The molecule has 1 amide bonds. The second-order valence-corrected chi connectivity index (χ2v) is 8.51. The van der Waals surface area contributed by atoms with Crippen molar-refractivity contribution in [2.75, 3.05) is 37.7 Å². The Kier molecular flexibility index (Phi) is 5.18. The fourth-order valence-corrected chi connectivity index (χ4v) is 4.50. The van der Waals surface area contributed by atoms with Crippen molar-refractivity contribution in [2.45, 2.75) is 6.42 Å². The van der Waals surface area contributed by atoms with Crippen LogP contribution in [0.1, 0.15) is 12.2 Å². The summed E-state index contributed by atoms with van der Waals surface area (Å²) < 4.78 is 9.13. The minimum Gasteiger partial charge on any atom is -0.465 e. The maximum absolute atomic E-state index is 11.4. The second kappa shape index (κ2) is 8.51. The first-order valence-corrected chi connectivity index (χ1v) is 11.5. The monoisotopic (exact) mass is 472 g/mol. The number of hydrogen-bond donors (Lipinski definition) is 1. The molecule has 0 atom stereocenters. The average Bonchev–Trinajstić information content (AvgIpc) is 3.64. The lowest BCUT2D eigenvalue weighted by molar-refractivity contribution is 0.122. The van der Waals surface area contributed by atoms with E-state index in [-0.39, 0.29) is 0 Å². The van der Waals surface area contributed by atoms with Gasteiger partial charge < -0.3 is 19.3 Å². The second-order valence-electron chi connectivity index (χ2n) is 8.51. The summed E-state index contributed by atoms with van der Waals surface area (Å²) in [6, 6.07) is 11.9. The maximum atomic E-state index is 11.4. The number of carbonyl (C=O) groups is 1. The van der Waals surface area contributed by atoms with Crippen LogP contribution in [0.3, 0.4) is 0 Å². The standard InChI is InChI=1S/C24H24N8O3/c1-29-20(17-7-9-31(15-17)24(33)34)25-19-21(29)26-23(27-22(19)30-11-13-35-14-12-30)32-10-8-18(28-32)16-5-3-2-4-6-16/h2-6,8,10,15H,7,9,11-14H2,1H3,(H,33,34). The Morgan fingerprint density at radius 1 is 1.03 bits per heavy atom. The fourth-order valence-electron chi connectivity index (χ4n) is 4.50. The van der Waals surface area contributed by atoms with Gasteiger partial charge in [-0.2, -0.15) is 15.1 Å². The Morgan fingerprint density at radius 3 is 2.57 bits per heavy atom. The van der Waals surface area contributed by atoms with Crippen LogP contribution >= 0.6 is 0 Å². The first kappa shape index (κ1) is 21.3. The van der Waals surface area contributed by atoms with Crippen LogP contribution < -0.4 is 4.90 Å². The highest BCUT2D eigenvalue weighted by atomic mass is 16.5. The van der Waals surface area contributed by atoms with Gasteiger partial charge in [0, 0.05) is 50.2 Å². The van der Waals surface area contributed by atoms with Gasteiger partial charge >= 0.3 is 6.09 Å². The molecule has 1 saturated heterocycles. The molecule has 2 aliphatic heterocycles. The molecule has 2 aliphatic rings. The van der Waals surface area contributed by atoms with E-state index in [4.69, 9.17) is 24.8 Å². The van der Waals surface area contributed by atoms with E-state index in [9.17, 15) is 9.90 Å². The molecule has 11 heteroatoms. The number of carboxylic acid groups (broad SMARTS) is 1. The van der Waals surface area contributed by atoms with Gasteiger partial charge in [0.25, 0.3) is 5.95 Å². The predicted molar refractivity (Wildman–Crippen MR) is 129 cm³/mol. The summed E-state index contributed by atoms with van der Waals surface area (Å²) in [5.41, 5.74) is 4.04. The van der Waals surface area contributed by atoms with Gasteiger partial charge in [0.05, 0.1) is 18.9 Å². The van der Waals surface area contributed by atoms with E-state index in [0.717, 1.165) is 22.6 Å². The van der Waals surface area contributed by atoms with Crippen LogP contribution in [0.2, 0.25) is 0 Å². The zero-order chi connectivity index (χ0) is 23.9. The molecule has 1 N–H and O–H groups in total. The number of hydrogen-bond acceptors (Lipinski definition) is 7. The Morgan fingerprint density at radius 2 is 1.83 bits per heavy atom. The van der Waals surface area contributed by atoms with Crippen LogP contribution in [0.4, 0.5) is 10.6 Å². The quantitative estimate of drug-likeness (QED) is 0.482. The Balaban J connectivity index is 1.48. The molecule has 178 valence electrons. The van der Waals surface area contributed by atoms with Crippen molar-refractivity contribution in [3.8, 4) is 17.2 Å². The lowest BCUT2D eigenvalue weighted by Gasteiger charge is -2.28. The molecule has 0 spiro atoms. The number of anilines is 1. The molecule has 6 rings (SSSR count). The van der Waals surface area contributed by atoms with Crippen LogP contribution in [0.25, 0.3) is 33.9 Å². The number of morpholine rings is 1. The number of aromatic nitrogens is 6. The van der Waals surface area contributed by atoms with E-state index in [0.29, 0.717) is 62.2 Å². The van der Waals surface area contributed by atoms with Crippen LogP contribution in [0.5, 0.6) is 0 Å². The third-order valence-electron chi connectivity index (χ3n) is 6.33. The van der Waals surface area contributed by atoms with Crippen molar-refractivity contribution in [1.29, 1.82) is 0 Å². The van der Waals surface area contributed by atoms with Gasteiger partial charge in [-0.1, -0.05) is 30.3 Å². The Hall–Kier alpha value is -4.25. The molecule has 0 bridgehead atoms. The van der Waals surface area contributed by atoms with Crippen molar-refractivity contribution < 1.29 is 14.6 Å². The summed E-state index contributed by atoms with van der Waals surface area (Å²) in [6.45, 7) is 3.03. The summed E-state index contributed by atoms with van der Waals surface area (Å²) in [5.74, 6) is 1.86. The molecule has 0 aliphatic carbocycles. The van der Waals surface area contributed by atoms with Crippen LogP contribution in [-0.2, 0) is 11.8 Å². The normalized spacial score (nSPS) is 16.2. The zero-order valence-electron chi connectivity index (χ0n) is 19.2. The molecule has 1 fully saturated rings. The summed E-state index contributed by atoms with van der Waals surface area (Å²) >= 11 is 0. The van der Waals surface area contributed by atoms with Crippen molar-refractivity contribution >= 4 is 28.6 Å². The summed E-state index contributed by atoms with van der Waals surface area (Å²) in [4.78, 5) is 29.4. The van der Waals surface area contributed by atoms with Gasteiger partial charge in [0.1, 0.15) is 5.82 Å². The van der Waals surface area contributed by atoms with E-state index in [2.05, 4.69) is 4.90 Å². The molecule has 11 nitrogen and oxygen atoms in total. The molecule has 4 aromatic rings. The topological polar surface area (TPSA) is 114 Å². The lowest BCUT2D eigenvalue weighted by Crippen LogP contribution is -2.37. The molecule has 0 unspecified atom stereocenters. The van der Waals surface area contributed by atoms with Gasteiger partial charge in [-0.25, -0.2) is 14.5 Å². The first-order valence-electron chi connectivity index (χ1n) is 11.5. The third kappa shape index (κ3) is 3.79. The number of ether oxygens (including phenoxy) is 1. The summed E-state index contributed by atoms with van der Waals surface area (Å²) in [5, 5.41) is 14.1. The average molecular weight is 473 g/mol. The van der Waals surface area contributed by atoms with Crippen molar-refractivity contribution in [2.24, 2.45) is 7.05 Å². The molecule has 1 aromatic carbocycles. The predicted octanol–water partition coefficient (Wildman–Crippen LogP) is 2.78. The fraction of sp³-hybridized carbons (Fsp3) is 0.292. The van der Waals surface area contributed by atoms with Gasteiger partial charge in [-0.05, 0) is 12.5 Å². The number of benzene rings is 1. The largest absolute Gasteiger partial charge is 0.465 e. The lowest BCUT2D eigenvalue weighted by atomic mass is 10.2. The van der Waals surface area contributed by atoms with E-state index in [1.54, 1.807) is 10.9 Å². The van der Waals surface area contributed by atoms with Gasteiger partial charge in [-0.3, -0.25) is 4.90 Å². The summed E-state index contributed by atoms with van der Waals surface area (Å²) in [7, 11) is 1.90.